The minimum Gasteiger partial charge on any atom is -0.307 e. The van der Waals surface area contributed by atoms with Crippen molar-refractivity contribution in [3.05, 3.63) is 54.1 Å². The minimum atomic E-state index is -0.399. The number of rotatable bonds is 4. The van der Waals surface area contributed by atoms with Gasteiger partial charge in [-0.05, 0) is 11.6 Å². The fourth-order valence-corrected chi connectivity index (χ4v) is 3.98. The van der Waals surface area contributed by atoms with Gasteiger partial charge in [-0.25, -0.2) is 4.68 Å². The van der Waals surface area contributed by atoms with E-state index in [0.717, 1.165) is 33.8 Å². The molecule has 3 aromatic rings. The van der Waals surface area contributed by atoms with E-state index in [0.29, 0.717) is 6.54 Å². The van der Waals surface area contributed by atoms with Crippen LogP contribution in [0.25, 0.3) is 22.5 Å². The van der Waals surface area contributed by atoms with Crippen LogP contribution in [0.15, 0.2) is 48.5 Å². The summed E-state index contributed by atoms with van der Waals surface area (Å²) in [6.07, 6.45) is 0.245. The van der Waals surface area contributed by atoms with Crippen molar-refractivity contribution in [1.29, 1.82) is 0 Å². The number of aryl methyl sites for hydroxylation is 1. The Bertz CT molecular complexity index is 1120. The van der Waals surface area contributed by atoms with Crippen molar-refractivity contribution in [2.75, 3.05) is 4.90 Å². The largest absolute Gasteiger partial charge is 0.307 e. The topological polar surface area (TPSA) is 68.1 Å². The van der Waals surface area contributed by atoms with E-state index in [4.69, 9.17) is 0 Å². The number of ketones is 1. The maximum atomic E-state index is 13.6. The molecule has 1 atom stereocenters. The molecule has 0 N–H and O–H groups in total. The lowest BCUT2D eigenvalue weighted by Gasteiger charge is -2.30. The van der Waals surface area contributed by atoms with Gasteiger partial charge in [-0.15, -0.1) is 5.10 Å². The van der Waals surface area contributed by atoms with E-state index in [1.54, 1.807) is 4.68 Å². The van der Waals surface area contributed by atoms with Crippen LogP contribution < -0.4 is 4.90 Å². The van der Waals surface area contributed by atoms with Crippen LogP contribution in [0.3, 0.4) is 0 Å². The van der Waals surface area contributed by atoms with Crippen LogP contribution in [0, 0.1) is 11.8 Å². The Balaban J connectivity index is 1.86. The second kappa shape index (κ2) is 7.86. The third-order valence-electron chi connectivity index (χ3n) is 5.72. The Morgan fingerprint density at radius 1 is 1.00 bits per heavy atom. The van der Waals surface area contributed by atoms with Crippen LogP contribution in [0.4, 0.5) is 5.69 Å². The predicted octanol–water partition coefficient (Wildman–Crippen LogP) is 4.25. The summed E-state index contributed by atoms with van der Waals surface area (Å²) in [5.74, 6) is -0.424. The molecule has 0 fully saturated rings. The van der Waals surface area contributed by atoms with Gasteiger partial charge in [0.05, 0.1) is 17.9 Å². The molecule has 0 spiro atoms. The van der Waals surface area contributed by atoms with Gasteiger partial charge in [0.15, 0.2) is 0 Å². The number of fused-ring (bicyclic) bond motifs is 5. The first-order chi connectivity index (χ1) is 14.4. The lowest BCUT2D eigenvalue weighted by Crippen LogP contribution is -2.37. The maximum Gasteiger partial charge on any atom is 0.230 e. The molecule has 4 rings (SSSR count). The highest BCUT2D eigenvalue weighted by atomic mass is 16.2. The minimum absolute atomic E-state index is 0.0511. The van der Waals surface area contributed by atoms with Crippen molar-refractivity contribution in [3.63, 3.8) is 0 Å². The number of carbonyl (C=O) groups is 2. The Labute approximate surface area is 176 Å². The van der Waals surface area contributed by atoms with E-state index in [-0.39, 0.29) is 24.0 Å². The van der Waals surface area contributed by atoms with Crippen LogP contribution >= 0.6 is 0 Å². The zero-order valence-electron chi connectivity index (χ0n) is 17.8. The summed E-state index contributed by atoms with van der Waals surface area (Å²) in [4.78, 5) is 27.7. The van der Waals surface area contributed by atoms with E-state index in [1.807, 2.05) is 81.2 Å². The molecule has 6 heteroatoms. The SMILES string of the molecule is CC(C)C(=O)CC(C)C(=O)N1Cc2ccccc2-c2nnn(C)c2-c2ccccc21. The van der Waals surface area contributed by atoms with Crippen molar-refractivity contribution in [2.24, 2.45) is 18.9 Å². The molecule has 30 heavy (non-hydrogen) atoms. The highest BCUT2D eigenvalue weighted by Gasteiger charge is 2.31. The Morgan fingerprint density at radius 2 is 1.67 bits per heavy atom. The van der Waals surface area contributed by atoms with Gasteiger partial charge < -0.3 is 4.90 Å². The highest BCUT2D eigenvalue weighted by molar-refractivity contribution is 6.02. The number of amides is 1. The lowest BCUT2D eigenvalue weighted by atomic mass is 9.93. The van der Waals surface area contributed by atoms with Crippen LogP contribution in [0.5, 0.6) is 0 Å². The summed E-state index contributed by atoms with van der Waals surface area (Å²) in [6, 6.07) is 15.8. The van der Waals surface area contributed by atoms with Crippen LogP contribution in [0.2, 0.25) is 0 Å². The van der Waals surface area contributed by atoms with Crippen molar-refractivity contribution < 1.29 is 9.59 Å². The standard InChI is InChI=1S/C24H26N4O2/c1-15(2)21(29)13-16(3)24(30)28-14-17-9-5-6-10-18(17)22-23(27(4)26-25-22)19-11-7-8-12-20(19)28/h5-12,15-16H,13-14H2,1-4H3. The van der Waals surface area contributed by atoms with Crippen LogP contribution in [-0.4, -0.2) is 26.7 Å². The van der Waals surface area contributed by atoms with Crippen molar-refractivity contribution in [1.82, 2.24) is 15.0 Å². The Hall–Kier alpha value is -3.28. The molecule has 0 bridgehead atoms. The molecule has 0 aliphatic carbocycles. The van der Waals surface area contributed by atoms with Gasteiger partial charge >= 0.3 is 0 Å². The fraction of sp³-hybridized carbons (Fsp3) is 0.333. The summed E-state index contributed by atoms with van der Waals surface area (Å²) in [6.45, 7) is 6.01. The highest BCUT2D eigenvalue weighted by Crippen LogP contribution is 2.41. The Kier molecular flexibility index (Phi) is 5.24. The zero-order valence-corrected chi connectivity index (χ0v) is 17.8. The van der Waals surface area contributed by atoms with Gasteiger partial charge in [-0.2, -0.15) is 0 Å². The molecule has 1 aliphatic heterocycles. The molecule has 0 saturated heterocycles. The predicted molar refractivity (Wildman–Crippen MR) is 117 cm³/mol. The smallest absolute Gasteiger partial charge is 0.230 e. The number of aromatic nitrogens is 3. The first-order valence-electron chi connectivity index (χ1n) is 10.3. The second-order valence-corrected chi connectivity index (χ2v) is 8.24. The van der Waals surface area contributed by atoms with Gasteiger partial charge in [0.25, 0.3) is 0 Å². The average molecular weight is 402 g/mol. The van der Waals surface area contributed by atoms with Crippen molar-refractivity contribution in [3.8, 4) is 22.5 Å². The normalized spacial score (nSPS) is 13.7. The molecule has 1 amide bonds. The molecule has 154 valence electrons. The van der Waals surface area contributed by atoms with Crippen LogP contribution in [-0.2, 0) is 23.2 Å². The van der Waals surface area contributed by atoms with Gasteiger partial charge in [-0.3, -0.25) is 9.59 Å². The van der Waals surface area contributed by atoms with Crippen LogP contribution in [0.1, 0.15) is 32.8 Å². The third-order valence-corrected chi connectivity index (χ3v) is 5.72. The molecule has 6 nitrogen and oxygen atoms in total. The van der Waals surface area contributed by atoms with E-state index in [2.05, 4.69) is 10.3 Å². The number of carbonyl (C=O) groups excluding carboxylic acids is 2. The van der Waals surface area contributed by atoms with Crippen molar-refractivity contribution in [2.45, 2.75) is 33.7 Å². The van der Waals surface area contributed by atoms with Gasteiger partial charge in [-0.1, -0.05) is 68.4 Å². The summed E-state index contributed by atoms with van der Waals surface area (Å²) in [5, 5.41) is 8.69. The number of para-hydroxylation sites is 1. The Morgan fingerprint density at radius 3 is 2.40 bits per heavy atom. The number of hydrogen-bond acceptors (Lipinski definition) is 4. The zero-order chi connectivity index (χ0) is 21.4. The molecule has 0 saturated carbocycles. The maximum absolute atomic E-state index is 13.6. The number of Topliss-reactive ketones (excluding diaryl/α,β-unsaturated/α-hetero) is 1. The summed E-state index contributed by atoms with van der Waals surface area (Å²) >= 11 is 0. The molecular weight excluding hydrogens is 376 g/mol. The van der Waals surface area contributed by atoms with E-state index in [1.165, 1.54) is 0 Å². The van der Waals surface area contributed by atoms with Gasteiger partial charge in [0, 0.05) is 36.4 Å². The third kappa shape index (κ3) is 3.43. The fourth-order valence-electron chi connectivity index (χ4n) is 3.98. The molecule has 1 unspecified atom stereocenters. The first-order valence-corrected chi connectivity index (χ1v) is 10.3. The lowest BCUT2D eigenvalue weighted by molar-refractivity contribution is -0.128. The molecule has 2 aromatic carbocycles. The number of anilines is 1. The molecule has 1 aliphatic rings. The number of hydrogen-bond donors (Lipinski definition) is 0. The molecule has 0 radical (unpaired) electrons. The summed E-state index contributed by atoms with van der Waals surface area (Å²) < 4.78 is 1.75. The molecule has 2 heterocycles. The molecular formula is C24H26N4O2. The van der Waals surface area contributed by atoms with E-state index < -0.39 is 5.92 Å². The number of nitrogens with zero attached hydrogens (tertiary/aromatic N) is 4. The van der Waals surface area contributed by atoms with Gasteiger partial charge in [0.1, 0.15) is 11.5 Å². The van der Waals surface area contributed by atoms with Crippen molar-refractivity contribution >= 4 is 17.4 Å². The summed E-state index contributed by atoms with van der Waals surface area (Å²) in [5.41, 5.74) is 5.39. The second-order valence-electron chi connectivity index (χ2n) is 8.24. The number of benzene rings is 2. The van der Waals surface area contributed by atoms with E-state index in [9.17, 15) is 9.59 Å². The van der Waals surface area contributed by atoms with Gasteiger partial charge in [0.2, 0.25) is 5.91 Å². The first kappa shape index (κ1) is 20.0. The monoisotopic (exact) mass is 402 g/mol. The van der Waals surface area contributed by atoms with E-state index >= 15 is 0 Å². The average Bonchev–Trinajstić information content (AvgIpc) is 3.11. The molecule has 1 aromatic heterocycles. The summed E-state index contributed by atoms with van der Waals surface area (Å²) in [7, 11) is 1.86. The quantitative estimate of drug-likeness (QED) is 0.654.